The number of nitrogens with zero attached hydrogens (tertiary/aromatic N) is 1. The van der Waals surface area contributed by atoms with Gasteiger partial charge in [0.1, 0.15) is 5.75 Å². The normalized spacial score (nSPS) is 22.8. The summed E-state index contributed by atoms with van der Waals surface area (Å²) in [5.74, 6) is 0.594. The van der Waals surface area contributed by atoms with Crippen molar-refractivity contribution in [2.24, 2.45) is 0 Å². The maximum atomic E-state index is 10.8. The van der Waals surface area contributed by atoms with Crippen LogP contribution in [0.4, 0.5) is 11.4 Å². The van der Waals surface area contributed by atoms with E-state index >= 15 is 0 Å². The van der Waals surface area contributed by atoms with Gasteiger partial charge in [-0.3, -0.25) is 10.1 Å². The number of aliphatic hydroxyl groups excluding tert-OH is 1. The Hall–Kier alpha value is -1.82. The van der Waals surface area contributed by atoms with Gasteiger partial charge in [-0.05, 0) is 31.7 Å². The largest absolute Gasteiger partial charge is 0.495 e. The van der Waals surface area contributed by atoms with Gasteiger partial charge in [-0.15, -0.1) is 0 Å². The second-order valence-electron chi connectivity index (χ2n) is 4.79. The van der Waals surface area contributed by atoms with Gasteiger partial charge in [0.05, 0.1) is 23.8 Å². The van der Waals surface area contributed by atoms with Gasteiger partial charge in [-0.25, -0.2) is 0 Å². The molecule has 104 valence electrons. The molecule has 2 rings (SSSR count). The number of nitro benzene ring substituents is 1. The molecule has 1 aromatic rings. The Labute approximate surface area is 111 Å². The molecule has 0 atom stereocenters. The van der Waals surface area contributed by atoms with Gasteiger partial charge in [0, 0.05) is 18.2 Å². The Balaban J connectivity index is 2.13. The summed E-state index contributed by atoms with van der Waals surface area (Å²) in [6.07, 6.45) is 3.01. The first-order valence-corrected chi connectivity index (χ1v) is 6.37. The van der Waals surface area contributed by atoms with Crippen LogP contribution in [0.1, 0.15) is 25.7 Å². The summed E-state index contributed by atoms with van der Waals surface area (Å²) in [5, 5.41) is 23.5. The first-order valence-electron chi connectivity index (χ1n) is 6.37. The third kappa shape index (κ3) is 3.35. The smallest absolute Gasteiger partial charge is 0.271 e. The highest BCUT2D eigenvalue weighted by Crippen LogP contribution is 2.31. The Bertz CT molecular complexity index is 456. The lowest BCUT2D eigenvalue weighted by Gasteiger charge is -2.27. The third-order valence-corrected chi connectivity index (χ3v) is 3.45. The summed E-state index contributed by atoms with van der Waals surface area (Å²) in [6, 6.07) is 4.73. The van der Waals surface area contributed by atoms with Gasteiger partial charge in [0.25, 0.3) is 5.69 Å². The zero-order chi connectivity index (χ0) is 13.8. The van der Waals surface area contributed by atoms with Crippen LogP contribution >= 0.6 is 0 Å². The predicted molar refractivity (Wildman–Crippen MR) is 71.5 cm³/mol. The van der Waals surface area contributed by atoms with E-state index in [9.17, 15) is 15.2 Å². The maximum Gasteiger partial charge on any atom is 0.271 e. The topological polar surface area (TPSA) is 84.6 Å². The van der Waals surface area contributed by atoms with E-state index in [1.165, 1.54) is 19.2 Å². The minimum Gasteiger partial charge on any atom is -0.495 e. The fourth-order valence-electron chi connectivity index (χ4n) is 2.36. The molecular weight excluding hydrogens is 248 g/mol. The van der Waals surface area contributed by atoms with E-state index in [2.05, 4.69) is 5.32 Å². The summed E-state index contributed by atoms with van der Waals surface area (Å²) in [5.41, 5.74) is 0.678. The molecule has 0 radical (unpaired) electrons. The van der Waals surface area contributed by atoms with Gasteiger partial charge < -0.3 is 15.2 Å². The van der Waals surface area contributed by atoms with Crippen LogP contribution in [-0.2, 0) is 0 Å². The minimum absolute atomic E-state index is 0.0409. The van der Waals surface area contributed by atoms with Crippen LogP contribution in [-0.4, -0.2) is 29.3 Å². The van der Waals surface area contributed by atoms with Gasteiger partial charge in [0.15, 0.2) is 0 Å². The van der Waals surface area contributed by atoms with Crippen molar-refractivity contribution in [3.63, 3.8) is 0 Å². The van der Waals surface area contributed by atoms with Gasteiger partial charge in [-0.2, -0.15) is 0 Å². The molecule has 0 heterocycles. The second kappa shape index (κ2) is 5.88. The lowest BCUT2D eigenvalue weighted by molar-refractivity contribution is -0.384. The quantitative estimate of drug-likeness (QED) is 0.645. The number of nitrogens with one attached hydrogen (secondary N) is 1. The van der Waals surface area contributed by atoms with Crippen molar-refractivity contribution in [1.29, 1.82) is 0 Å². The minimum atomic E-state index is -0.421. The first kappa shape index (κ1) is 13.6. The van der Waals surface area contributed by atoms with Crippen molar-refractivity contribution in [3.8, 4) is 5.75 Å². The van der Waals surface area contributed by atoms with Crippen molar-refractivity contribution < 1.29 is 14.8 Å². The first-order chi connectivity index (χ1) is 9.10. The number of anilines is 1. The molecule has 1 fully saturated rings. The molecule has 0 saturated heterocycles. The van der Waals surface area contributed by atoms with Crippen LogP contribution in [0.3, 0.4) is 0 Å². The highest BCUT2D eigenvalue weighted by molar-refractivity contribution is 5.62. The molecule has 2 N–H and O–H groups in total. The van der Waals surface area contributed by atoms with E-state index in [0.717, 1.165) is 25.7 Å². The zero-order valence-corrected chi connectivity index (χ0v) is 10.8. The molecule has 0 amide bonds. The van der Waals surface area contributed by atoms with Crippen molar-refractivity contribution in [2.75, 3.05) is 12.4 Å². The zero-order valence-electron chi connectivity index (χ0n) is 10.8. The van der Waals surface area contributed by atoms with Crippen LogP contribution < -0.4 is 10.1 Å². The third-order valence-electron chi connectivity index (χ3n) is 3.45. The molecule has 6 heteroatoms. The Kier molecular flexibility index (Phi) is 4.21. The van der Waals surface area contributed by atoms with Crippen LogP contribution in [0.25, 0.3) is 0 Å². The van der Waals surface area contributed by atoms with Crippen LogP contribution in [0.2, 0.25) is 0 Å². The molecule has 1 aromatic carbocycles. The lowest BCUT2D eigenvalue weighted by Crippen LogP contribution is -2.28. The number of methoxy groups -OCH3 is 1. The van der Waals surface area contributed by atoms with Crippen molar-refractivity contribution in [3.05, 3.63) is 28.3 Å². The van der Waals surface area contributed by atoms with Crippen molar-refractivity contribution in [2.45, 2.75) is 37.8 Å². The number of ether oxygens (including phenoxy) is 1. The SMILES string of the molecule is COc1ccc([N+](=O)[O-])cc1NC1CCC(O)CC1. The number of benzene rings is 1. The van der Waals surface area contributed by atoms with Crippen LogP contribution in [0.5, 0.6) is 5.75 Å². The molecule has 19 heavy (non-hydrogen) atoms. The van der Waals surface area contributed by atoms with Crippen LogP contribution in [0.15, 0.2) is 18.2 Å². The summed E-state index contributed by atoms with van der Waals surface area (Å²) >= 11 is 0. The highest BCUT2D eigenvalue weighted by atomic mass is 16.6. The highest BCUT2D eigenvalue weighted by Gasteiger charge is 2.21. The van der Waals surface area contributed by atoms with Crippen molar-refractivity contribution >= 4 is 11.4 Å². The van der Waals surface area contributed by atoms with Gasteiger partial charge >= 0.3 is 0 Å². The lowest BCUT2D eigenvalue weighted by atomic mass is 9.93. The Morgan fingerprint density at radius 1 is 1.37 bits per heavy atom. The molecule has 6 nitrogen and oxygen atoms in total. The molecule has 0 spiro atoms. The van der Waals surface area contributed by atoms with Gasteiger partial charge in [-0.1, -0.05) is 0 Å². The molecule has 0 unspecified atom stereocenters. The van der Waals surface area contributed by atoms with E-state index in [1.54, 1.807) is 6.07 Å². The number of aliphatic hydroxyl groups is 1. The van der Waals surface area contributed by atoms with E-state index in [1.807, 2.05) is 0 Å². The standard InChI is InChI=1S/C13H18N2O4/c1-19-13-7-4-10(15(17)18)8-12(13)14-9-2-5-11(16)6-3-9/h4,7-9,11,14,16H,2-3,5-6H2,1H3. The number of non-ortho nitro benzene ring substituents is 1. The number of hydrogen-bond acceptors (Lipinski definition) is 5. The fraction of sp³-hybridized carbons (Fsp3) is 0.538. The average molecular weight is 266 g/mol. The summed E-state index contributed by atoms with van der Waals surface area (Å²) in [4.78, 5) is 10.4. The van der Waals surface area contributed by atoms with Gasteiger partial charge in [0.2, 0.25) is 0 Å². The summed E-state index contributed by atoms with van der Waals surface area (Å²) in [7, 11) is 1.54. The van der Waals surface area contributed by atoms with Crippen molar-refractivity contribution in [1.82, 2.24) is 0 Å². The predicted octanol–water partition coefficient (Wildman–Crippen LogP) is 2.32. The number of hydrogen-bond donors (Lipinski definition) is 2. The molecule has 0 bridgehead atoms. The van der Waals surface area contributed by atoms with Crippen LogP contribution in [0, 0.1) is 10.1 Å². The second-order valence-corrected chi connectivity index (χ2v) is 4.79. The van der Waals surface area contributed by atoms with E-state index in [4.69, 9.17) is 4.74 Å². The van der Waals surface area contributed by atoms with E-state index in [-0.39, 0.29) is 17.8 Å². The van der Waals surface area contributed by atoms with E-state index in [0.29, 0.717) is 11.4 Å². The number of nitro groups is 1. The van der Waals surface area contributed by atoms with E-state index < -0.39 is 4.92 Å². The summed E-state index contributed by atoms with van der Waals surface area (Å²) in [6.45, 7) is 0. The maximum absolute atomic E-state index is 10.8. The Morgan fingerprint density at radius 3 is 2.63 bits per heavy atom. The molecule has 0 aromatic heterocycles. The molecule has 1 saturated carbocycles. The Morgan fingerprint density at radius 2 is 2.05 bits per heavy atom. The fourth-order valence-corrected chi connectivity index (χ4v) is 2.36. The average Bonchev–Trinajstić information content (AvgIpc) is 2.41. The monoisotopic (exact) mass is 266 g/mol. The molecule has 1 aliphatic carbocycles. The molecule has 0 aliphatic heterocycles. The molecule has 1 aliphatic rings. The summed E-state index contributed by atoms with van der Waals surface area (Å²) < 4.78 is 5.21. The number of rotatable bonds is 4. The molecular formula is C13H18N2O4.